The molecule has 7 nitrogen and oxygen atoms in total. The first-order chi connectivity index (χ1) is 13.3. The molecule has 1 aliphatic rings. The van der Waals surface area contributed by atoms with Gasteiger partial charge in [-0.1, -0.05) is 18.2 Å². The van der Waals surface area contributed by atoms with Crippen LogP contribution >= 0.6 is 0 Å². The molecule has 7 heteroatoms. The highest BCUT2D eigenvalue weighted by molar-refractivity contribution is 5.94. The number of nitrogens with one attached hydrogen (secondary N) is 2. The highest BCUT2D eigenvalue weighted by Gasteiger charge is 2.33. The number of carbonyl (C=O) groups excluding carboxylic acids is 2. The average Bonchev–Trinajstić information content (AvgIpc) is 2.60. The first kappa shape index (κ1) is 19.4. The van der Waals surface area contributed by atoms with Crippen LogP contribution in [-0.4, -0.2) is 29.1 Å². The van der Waals surface area contributed by atoms with E-state index in [0.29, 0.717) is 17.8 Å². The number of rotatable bonds is 3. The molecule has 3 amide bonds. The molecule has 3 rings (SSSR count). The fourth-order valence-corrected chi connectivity index (χ4v) is 3.79. The predicted molar refractivity (Wildman–Crippen MR) is 107 cm³/mol. The lowest BCUT2D eigenvalue weighted by molar-refractivity contribution is -0.117. The van der Waals surface area contributed by atoms with E-state index >= 15 is 0 Å². The van der Waals surface area contributed by atoms with Crippen LogP contribution in [0.5, 0.6) is 0 Å². The van der Waals surface area contributed by atoms with Gasteiger partial charge in [0.1, 0.15) is 0 Å². The lowest BCUT2D eigenvalue weighted by Gasteiger charge is -2.39. The normalized spacial score (nSPS) is 18.2. The molecule has 28 heavy (non-hydrogen) atoms. The fraction of sp³-hybridized carbons (Fsp3) is 0.286. The molecule has 2 aromatic carbocycles. The Morgan fingerprint density at radius 2 is 1.79 bits per heavy atom. The Morgan fingerprint density at radius 3 is 2.43 bits per heavy atom. The van der Waals surface area contributed by atoms with Crippen LogP contribution in [0.25, 0.3) is 11.1 Å². The van der Waals surface area contributed by atoms with Gasteiger partial charge in [0.05, 0.1) is 6.04 Å². The second-order valence-electron chi connectivity index (χ2n) is 7.01. The van der Waals surface area contributed by atoms with Crippen LogP contribution in [0.3, 0.4) is 0 Å². The number of benzene rings is 2. The third-order valence-corrected chi connectivity index (χ3v) is 4.83. The Balaban J connectivity index is 2.07. The van der Waals surface area contributed by atoms with E-state index in [1.54, 1.807) is 11.0 Å². The third kappa shape index (κ3) is 3.98. The van der Waals surface area contributed by atoms with Crippen molar-refractivity contribution in [2.75, 3.05) is 10.2 Å². The summed E-state index contributed by atoms with van der Waals surface area (Å²) in [5, 5.41) is 14.6. The summed E-state index contributed by atoms with van der Waals surface area (Å²) in [4.78, 5) is 36.4. The Labute approximate surface area is 163 Å². The maximum atomic E-state index is 12.2. The topological polar surface area (TPSA) is 98.7 Å². The quantitative estimate of drug-likeness (QED) is 0.754. The third-order valence-electron chi connectivity index (χ3n) is 4.83. The van der Waals surface area contributed by atoms with E-state index in [1.807, 2.05) is 43.3 Å². The zero-order valence-electron chi connectivity index (χ0n) is 16.0. The molecule has 146 valence electrons. The molecule has 0 saturated carbocycles. The molecule has 2 atom stereocenters. The summed E-state index contributed by atoms with van der Waals surface area (Å²) in [5.74, 6) is -0.234. The van der Waals surface area contributed by atoms with Crippen LogP contribution in [0, 0.1) is 0 Å². The molecule has 0 bridgehead atoms. The molecular formula is C21H23N3O4. The van der Waals surface area contributed by atoms with E-state index in [4.69, 9.17) is 0 Å². The Hall–Kier alpha value is -3.35. The van der Waals surface area contributed by atoms with Crippen LogP contribution in [0.15, 0.2) is 42.5 Å². The van der Waals surface area contributed by atoms with E-state index in [0.717, 1.165) is 16.7 Å². The minimum absolute atomic E-state index is 0.0806. The number of nitrogens with zero attached hydrogens (tertiary/aromatic N) is 1. The average molecular weight is 381 g/mol. The van der Waals surface area contributed by atoms with E-state index in [2.05, 4.69) is 10.6 Å². The van der Waals surface area contributed by atoms with Gasteiger partial charge in [-0.2, -0.15) is 0 Å². The fourth-order valence-electron chi connectivity index (χ4n) is 3.79. The monoisotopic (exact) mass is 381 g/mol. The van der Waals surface area contributed by atoms with Gasteiger partial charge in [0, 0.05) is 31.3 Å². The van der Waals surface area contributed by atoms with Crippen LogP contribution in [0.4, 0.5) is 16.2 Å². The molecule has 1 aliphatic heterocycles. The Kier molecular flexibility index (Phi) is 5.35. The summed E-state index contributed by atoms with van der Waals surface area (Å²) in [6.07, 6.45) is -0.605. The molecule has 2 unspecified atom stereocenters. The zero-order chi connectivity index (χ0) is 20.4. The van der Waals surface area contributed by atoms with E-state index in [1.165, 1.54) is 13.8 Å². The number of hydrogen-bond acceptors (Lipinski definition) is 3. The van der Waals surface area contributed by atoms with Crippen molar-refractivity contribution in [1.82, 2.24) is 5.32 Å². The number of fused-ring (bicyclic) bond motifs is 1. The molecule has 0 aliphatic carbocycles. The summed E-state index contributed by atoms with van der Waals surface area (Å²) >= 11 is 0. The molecule has 0 spiro atoms. The van der Waals surface area contributed by atoms with Crippen LogP contribution in [0.1, 0.15) is 38.8 Å². The minimum Gasteiger partial charge on any atom is -0.465 e. The van der Waals surface area contributed by atoms with Crippen molar-refractivity contribution < 1.29 is 19.5 Å². The molecule has 3 N–H and O–H groups in total. The van der Waals surface area contributed by atoms with Crippen molar-refractivity contribution in [3.8, 4) is 11.1 Å². The summed E-state index contributed by atoms with van der Waals surface area (Å²) in [7, 11) is 0. The predicted octanol–water partition coefficient (Wildman–Crippen LogP) is 3.77. The van der Waals surface area contributed by atoms with Gasteiger partial charge < -0.3 is 20.6 Å². The molecule has 1 heterocycles. The van der Waals surface area contributed by atoms with Crippen molar-refractivity contribution in [2.24, 2.45) is 0 Å². The van der Waals surface area contributed by atoms with Crippen molar-refractivity contribution in [1.29, 1.82) is 0 Å². The van der Waals surface area contributed by atoms with E-state index < -0.39 is 12.1 Å². The number of carbonyl (C=O) groups is 3. The van der Waals surface area contributed by atoms with Gasteiger partial charge in [-0.05, 0) is 54.3 Å². The van der Waals surface area contributed by atoms with Gasteiger partial charge in [-0.15, -0.1) is 0 Å². The van der Waals surface area contributed by atoms with Gasteiger partial charge in [-0.3, -0.25) is 9.59 Å². The van der Waals surface area contributed by atoms with Gasteiger partial charge >= 0.3 is 6.09 Å². The number of hydrogen-bond donors (Lipinski definition) is 3. The standard InChI is InChI=1S/C21H23N3O4/c1-12-9-19(23-21(27)28)18-11-16(7-8-20(18)24(12)14(3)26)15-5-4-6-17(10-15)22-13(2)25/h4-8,10-12,19,23H,9H2,1-3H3,(H,22,25)(H,27,28). The van der Waals surface area contributed by atoms with E-state index in [9.17, 15) is 19.5 Å². The second kappa shape index (κ2) is 7.72. The van der Waals surface area contributed by atoms with Crippen molar-refractivity contribution in [3.05, 3.63) is 48.0 Å². The number of amides is 3. The van der Waals surface area contributed by atoms with Crippen molar-refractivity contribution in [3.63, 3.8) is 0 Å². The molecule has 0 saturated heterocycles. The van der Waals surface area contributed by atoms with Gasteiger partial charge in [0.25, 0.3) is 0 Å². The molecule has 0 radical (unpaired) electrons. The van der Waals surface area contributed by atoms with Gasteiger partial charge in [0.15, 0.2) is 0 Å². The zero-order valence-corrected chi connectivity index (χ0v) is 16.0. The molecule has 0 fully saturated rings. The van der Waals surface area contributed by atoms with Gasteiger partial charge in [-0.25, -0.2) is 4.79 Å². The van der Waals surface area contributed by atoms with Crippen LogP contribution in [0.2, 0.25) is 0 Å². The van der Waals surface area contributed by atoms with Crippen LogP contribution in [-0.2, 0) is 9.59 Å². The van der Waals surface area contributed by atoms with Gasteiger partial charge in [0.2, 0.25) is 11.8 Å². The highest BCUT2D eigenvalue weighted by Crippen LogP contribution is 2.39. The van der Waals surface area contributed by atoms with Crippen molar-refractivity contribution in [2.45, 2.75) is 39.3 Å². The highest BCUT2D eigenvalue weighted by atomic mass is 16.4. The number of carboxylic acid groups (broad SMARTS) is 1. The summed E-state index contributed by atoms with van der Waals surface area (Å²) in [6, 6.07) is 12.6. The lowest BCUT2D eigenvalue weighted by atomic mass is 9.89. The van der Waals surface area contributed by atoms with Crippen LogP contribution < -0.4 is 15.5 Å². The van der Waals surface area contributed by atoms with Crippen molar-refractivity contribution >= 4 is 29.3 Å². The summed E-state index contributed by atoms with van der Waals surface area (Å²) in [5.41, 5.74) is 3.92. The maximum Gasteiger partial charge on any atom is 0.405 e. The molecule has 0 aromatic heterocycles. The molecule has 2 aromatic rings. The Morgan fingerprint density at radius 1 is 1.07 bits per heavy atom. The SMILES string of the molecule is CC(=O)Nc1cccc(-c2ccc3c(c2)C(NC(=O)O)CC(C)N3C(C)=O)c1. The maximum absolute atomic E-state index is 12.2. The summed E-state index contributed by atoms with van der Waals surface area (Å²) < 4.78 is 0. The first-order valence-electron chi connectivity index (χ1n) is 9.07. The first-order valence-corrected chi connectivity index (χ1v) is 9.07. The smallest absolute Gasteiger partial charge is 0.405 e. The Bertz CT molecular complexity index is 941. The molecular weight excluding hydrogens is 358 g/mol. The number of anilines is 2. The second-order valence-corrected chi connectivity index (χ2v) is 7.01. The lowest BCUT2D eigenvalue weighted by Crippen LogP contribution is -2.45. The van der Waals surface area contributed by atoms with E-state index in [-0.39, 0.29) is 17.9 Å². The summed E-state index contributed by atoms with van der Waals surface area (Å²) in [6.45, 7) is 4.87. The minimum atomic E-state index is -1.10. The largest absolute Gasteiger partial charge is 0.465 e.